The molecule has 0 spiro atoms. The molecule has 134 valence electrons. The highest BCUT2D eigenvalue weighted by Crippen LogP contribution is 2.25. The van der Waals surface area contributed by atoms with Gasteiger partial charge in [-0.2, -0.15) is 0 Å². The summed E-state index contributed by atoms with van der Waals surface area (Å²) in [5.41, 5.74) is 5.60. The van der Waals surface area contributed by atoms with Gasteiger partial charge in [-0.25, -0.2) is 0 Å². The molecule has 0 radical (unpaired) electrons. The van der Waals surface area contributed by atoms with Crippen LogP contribution in [0.15, 0.2) is 18.2 Å². The molecule has 0 saturated carbocycles. The molecule has 1 unspecified atom stereocenters. The summed E-state index contributed by atoms with van der Waals surface area (Å²) < 4.78 is 0. The van der Waals surface area contributed by atoms with Gasteiger partial charge in [0.05, 0.1) is 11.5 Å². The average molecular weight is 347 g/mol. The number of piperidine rings is 1. The van der Waals surface area contributed by atoms with Crippen molar-refractivity contribution in [3.05, 3.63) is 33.9 Å². The molecular formula is C16H21N5O4. The van der Waals surface area contributed by atoms with Gasteiger partial charge in [0.1, 0.15) is 5.69 Å². The van der Waals surface area contributed by atoms with Crippen molar-refractivity contribution in [3.63, 3.8) is 0 Å². The van der Waals surface area contributed by atoms with E-state index in [1.165, 1.54) is 18.2 Å². The van der Waals surface area contributed by atoms with Gasteiger partial charge in [-0.3, -0.25) is 19.7 Å². The summed E-state index contributed by atoms with van der Waals surface area (Å²) in [7, 11) is 0. The molecule has 3 rings (SSSR count). The molecule has 1 atom stereocenters. The number of nitrogen functional groups attached to an aromatic ring is 1. The molecule has 1 aromatic rings. The van der Waals surface area contributed by atoms with E-state index < -0.39 is 4.92 Å². The standard InChI is InChI=1S/C16H21N5O4/c17-13-4-3-11(8-14(13)21(24)25)16(23)19-6-1-2-12(10-19)20-7-5-18-9-15(20)22/h3-4,8,12,18H,1-2,5-7,9-10,17H2. The molecule has 9 heteroatoms. The lowest BCUT2D eigenvalue weighted by Crippen LogP contribution is -2.57. The number of likely N-dealkylation sites (tertiary alicyclic amines) is 1. The predicted molar refractivity (Wildman–Crippen MR) is 91.0 cm³/mol. The van der Waals surface area contributed by atoms with Gasteiger partial charge in [-0.05, 0) is 25.0 Å². The maximum atomic E-state index is 12.7. The summed E-state index contributed by atoms with van der Waals surface area (Å²) in [6, 6.07) is 4.10. The van der Waals surface area contributed by atoms with E-state index in [0.29, 0.717) is 26.2 Å². The van der Waals surface area contributed by atoms with Gasteiger partial charge in [-0.1, -0.05) is 0 Å². The predicted octanol–water partition coefficient (Wildman–Crippen LogP) is 0.213. The number of nitrogens with one attached hydrogen (secondary N) is 1. The fourth-order valence-electron chi connectivity index (χ4n) is 3.42. The maximum absolute atomic E-state index is 12.7. The Hall–Kier alpha value is -2.68. The summed E-state index contributed by atoms with van der Waals surface area (Å²) in [6.45, 7) is 2.74. The van der Waals surface area contributed by atoms with Gasteiger partial charge in [0.2, 0.25) is 5.91 Å². The van der Waals surface area contributed by atoms with E-state index in [0.717, 1.165) is 19.4 Å². The van der Waals surface area contributed by atoms with Crippen molar-refractivity contribution in [3.8, 4) is 0 Å². The first kappa shape index (κ1) is 17.2. The Morgan fingerprint density at radius 1 is 1.36 bits per heavy atom. The minimum atomic E-state index is -0.593. The lowest BCUT2D eigenvalue weighted by molar-refractivity contribution is -0.383. The Labute approximate surface area is 144 Å². The van der Waals surface area contributed by atoms with Crippen LogP contribution in [0.1, 0.15) is 23.2 Å². The first-order chi connectivity index (χ1) is 12.0. The molecule has 9 nitrogen and oxygen atoms in total. The second kappa shape index (κ2) is 7.06. The molecule has 0 bridgehead atoms. The van der Waals surface area contributed by atoms with Crippen LogP contribution in [-0.2, 0) is 4.79 Å². The molecule has 1 aromatic carbocycles. The first-order valence-corrected chi connectivity index (χ1v) is 8.30. The number of carbonyl (C=O) groups is 2. The molecule has 2 saturated heterocycles. The molecule has 2 aliphatic rings. The van der Waals surface area contributed by atoms with E-state index in [1.54, 1.807) is 4.90 Å². The number of amides is 2. The van der Waals surface area contributed by atoms with E-state index in [1.807, 2.05) is 4.90 Å². The molecule has 2 fully saturated rings. The molecule has 2 amide bonds. The Morgan fingerprint density at radius 3 is 2.88 bits per heavy atom. The molecule has 25 heavy (non-hydrogen) atoms. The van der Waals surface area contributed by atoms with Crippen LogP contribution in [0.5, 0.6) is 0 Å². The zero-order chi connectivity index (χ0) is 18.0. The summed E-state index contributed by atoms with van der Waals surface area (Å²) >= 11 is 0. The van der Waals surface area contributed by atoms with Crippen LogP contribution in [0.4, 0.5) is 11.4 Å². The van der Waals surface area contributed by atoms with Gasteiger partial charge in [0.15, 0.2) is 0 Å². The van der Waals surface area contributed by atoms with Crippen LogP contribution in [0.2, 0.25) is 0 Å². The van der Waals surface area contributed by atoms with Gasteiger partial charge in [0.25, 0.3) is 11.6 Å². The van der Waals surface area contributed by atoms with Crippen molar-refractivity contribution in [2.24, 2.45) is 0 Å². The fourth-order valence-corrected chi connectivity index (χ4v) is 3.42. The Morgan fingerprint density at radius 2 is 2.16 bits per heavy atom. The molecule has 2 aliphatic heterocycles. The van der Waals surface area contributed by atoms with Crippen molar-refractivity contribution in [1.82, 2.24) is 15.1 Å². The molecule has 0 aromatic heterocycles. The SMILES string of the molecule is Nc1ccc(C(=O)N2CCCC(N3CCNCC3=O)C2)cc1[N+](=O)[O-]. The second-order valence-corrected chi connectivity index (χ2v) is 6.34. The third-order valence-corrected chi connectivity index (χ3v) is 4.72. The third-order valence-electron chi connectivity index (χ3n) is 4.72. The smallest absolute Gasteiger partial charge is 0.292 e. The van der Waals surface area contributed by atoms with Gasteiger partial charge in [0, 0.05) is 43.9 Å². The third kappa shape index (κ3) is 3.55. The minimum Gasteiger partial charge on any atom is -0.393 e. The normalized spacial score (nSPS) is 21.3. The van der Waals surface area contributed by atoms with Gasteiger partial charge in [-0.15, -0.1) is 0 Å². The number of nitrogens with two attached hydrogens (primary N) is 1. The van der Waals surface area contributed by atoms with E-state index in [9.17, 15) is 19.7 Å². The molecule has 3 N–H and O–H groups in total. The fraction of sp³-hybridized carbons (Fsp3) is 0.500. The molecule has 2 heterocycles. The van der Waals surface area contributed by atoms with Crippen molar-refractivity contribution in [1.29, 1.82) is 0 Å². The number of carbonyl (C=O) groups excluding carboxylic acids is 2. The summed E-state index contributed by atoms with van der Waals surface area (Å²) in [6.07, 6.45) is 1.65. The second-order valence-electron chi connectivity index (χ2n) is 6.34. The zero-order valence-corrected chi connectivity index (χ0v) is 13.8. The summed E-state index contributed by atoms with van der Waals surface area (Å²) in [5, 5.41) is 14.1. The average Bonchev–Trinajstić information content (AvgIpc) is 2.62. The summed E-state index contributed by atoms with van der Waals surface area (Å²) in [5.74, 6) is -0.218. The Bertz CT molecular complexity index is 708. The number of hydrogen-bond donors (Lipinski definition) is 2. The van der Waals surface area contributed by atoms with E-state index >= 15 is 0 Å². The maximum Gasteiger partial charge on any atom is 0.292 e. The van der Waals surface area contributed by atoms with Crippen molar-refractivity contribution in [2.75, 3.05) is 38.5 Å². The number of piperazine rings is 1. The van der Waals surface area contributed by atoms with Crippen LogP contribution >= 0.6 is 0 Å². The monoisotopic (exact) mass is 347 g/mol. The van der Waals surface area contributed by atoms with Crippen molar-refractivity contribution >= 4 is 23.2 Å². The Kier molecular flexibility index (Phi) is 4.84. The molecular weight excluding hydrogens is 326 g/mol. The van der Waals surface area contributed by atoms with Gasteiger partial charge < -0.3 is 20.9 Å². The Balaban J connectivity index is 1.75. The topological polar surface area (TPSA) is 122 Å². The quantitative estimate of drug-likeness (QED) is 0.458. The lowest BCUT2D eigenvalue weighted by atomic mass is 10.0. The largest absolute Gasteiger partial charge is 0.393 e. The minimum absolute atomic E-state index is 0.00364. The van der Waals surface area contributed by atoms with Crippen LogP contribution in [-0.4, -0.2) is 65.3 Å². The number of nitro groups is 1. The first-order valence-electron chi connectivity index (χ1n) is 8.30. The van der Waals surface area contributed by atoms with Crippen molar-refractivity contribution < 1.29 is 14.5 Å². The lowest BCUT2D eigenvalue weighted by Gasteiger charge is -2.41. The van der Waals surface area contributed by atoms with E-state index in [-0.39, 0.29) is 34.8 Å². The number of hydrogen-bond acceptors (Lipinski definition) is 6. The number of nitrogens with zero attached hydrogens (tertiary/aromatic N) is 3. The zero-order valence-electron chi connectivity index (χ0n) is 13.8. The summed E-state index contributed by atoms with van der Waals surface area (Å²) in [4.78, 5) is 38.7. The van der Waals surface area contributed by atoms with Crippen LogP contribution in [0.25, 0.3) is 0 Å². The van der Waals surface area contributed by atoms with Gasteiger partial charge >= 0.3 is 0 Å². The van der Waals surface area contributed by atoms with Crippen LogP contribution in [0, 0.1) is 10.1 Å². The van der Waals surface area contributed by atoms with Crippen LogP contribution in [0.3, 0.4) is 0 Å². The van der Waals surface area contributed by atoms with Crippen LogP contribution < -0.4 is 11.1 Å². The molecule has 0 aliphatic carbocycles. The number of anilines is 1. The van der Waals surface area contributed by atoms with Crippen molar-refractivity contribution in [2.45, 2.75) is 18.9 Å². The van der Waals surface area contributed by atoms with E-state index in [4.69, 9.17) is 5.73 Å². The highest BCUT2D eigenvalue weighted by Gasteiger charge is 2.32. The number of benzene rings is 1. The number of nitro benzene ring substituents is 1. The highest BCUT2D eigenvalue weighted by atomic mass is 16.6. The van der Waals surface area contributed by atoms with E-state index in [2.05, 4.69) is 5.32 Å². The highest BCUT2D eigenvalue weighted by molar-refractivity contribution is 5.95. The number of rotatable bonds is 3.